The third-order valence-corrected chi connectivity index (χ3v) is 2.90. The Morgan fingerprint density at radius 2 is 1.90 bits per heavy atom. The minimum absolute atomic E-state index is 0.269. The second-order valence-corrected chi connectivity index (χ2v) is 5.09. The van der Waals surface area contributed by atoms with Crippen LogP contribution in [0.25, 0.3) is 0 Å². The smallest absolute Gasteiger partial charge is 0.350 e. The number of cyclic esters (lactones) is 2. The van der Waals surface area contributed by atoms with Crippen LogP contribution in [0.4, 0.5) is 5.69 Å². The van der Waals surface area contributed by atoms with Crippen LogP contribution >= 0.6 is 11.6 Å². The summed E-state index contributed by atoms with van der Waals surface area (Å²) in [5.74, 6) is -2.85. The minimum Gasteiger partial charge on any atom is -0.419 e. The summed E-state index contributed by atoms with van der Waals surface area (Å²) in [7, 11) is 0. The largest absolute Gasteiger partial charge is 0.419 e. The molecule has 1 saturated heterocycles. The Bertz CT molecular complexity index is 667. The highest BCUT2D eigenvalue weighted by Crippen LogP contribution is 2.25. The zero-order chi connectivity index (χ0) is 15.6. The minimum atomic E-state index is -1.28. The highest BCUT2D eigenvalue weighted by molar-refractivity contribution is 6.33. The topological polar surface area (TPSA) is 88.4 Å². The molecule has 1 aromatic rings. The Labute approximate surface area is 125 Å². The van der Waals surface area contributed by atoms with E-state index in [4.69, 9.17) is 26.3 Å². The Morgan fingerprint density at radius 3 is 2.43 bits per heavy atom. The fourth-order valence-electron chi connectivity index (χ4n) is 1.63. The molecule has 0 amide bonds. The molecule has 0 saturated carbocycles. The number of ether oxygens (including phenoxy) is 2. The summed E-state index contributed by atoms with van der Waals surface area (Å²) in [5.41, 5.74) is 0.569. The maximum atomic E-state index is 11.7. The van der Waals surface area contributed by atoms with Crippen molar-refractivity contribution in [1.29, 1.82) is 5.26 Å². The first-order chi connectivity index (χ1) is 9.82. The number of nitrogens with zero attached hydrogens (tertiary/aromatic N) is 1. The average Bonchev–Trinajstić information content (AvgIpc) is 2.37. The maximum absolute atomic E-state index is 11.7. The summed E-state index contributed by atoms with van der Waals surface area (Å²) in [4.78, 5) is 23.4. The van der Waals surface area contributed by atoms with E-state index in [2.05, 4.69) is 5.32 Å². The Hall–Kier alpha value is -2.52. The lowest BCUT2D eigenvalue weighted by Crippen LogP contribution is -2.42. The van der Waals surface area contributed by atoms with Crippen LogP contribution in [0.2, 0.25) is 5.02 Å². The number of anilines is 1. The molecule has 0 radical (unpaired) electrons. The van der Waals surface area contributed by atoms with Crippen molar-refractivity contribution in [3.05, 3.63) is 40.6 Å². The number of hydrogen-bond donors (Lipinski definition) is 1. The molecule has 21 heavy (non-hydrogen) atoms. The van der Waals surface area contributed by atoms with Crippen LogP contribution in [0, 0.1) is 11.3 Å². The van der Waals surface area contributed by atoms with Crippen LogP contribution in [-0.4, -0.2) is 17.7 Å². The number of rotatable bonds is 2. The van der Waals surface area contributed by atoms with Gasteiger partial charge in [0.25, 0.3) is 5.79 Å². The number of nitriles is 1. The fourth-order valence-corrected chi connectivity index (χ4v) is 1.87. The van der Waals surface area contributed by atoms with Crippen LogP contribution in [0.1, 0.15) is 19.4 Å². The number of halogens is 1. The predicted octanol–water partition coefficient (Wildman–Crippen LogP) is 2.34. The lowest BCUT2D eigenvalue weighted by molar-refractivity contribution is -0.222. The monoisotopic (exact) mass is 306 g/mol. The summed E-state index contributed by atoms with van der Waals surface area (Å²) >= 11 is 5.97. The second-order valence-electron chi connectivity index (χ2n) is 4.69. The number of esters is 2. The molecule has 0 unspecified atom stereocenters. The number of benzene rings is 1. The number of nitrogens with one attached hydrogen (secondary N) is 1. The SMILES string of the molecule is CC1(C)OC(=O)C(=CNc2ccc(C#N)cc2Cl)C(=O)O1. The molecular formula is C14H11ClN2O4. The molecule has 1 aliphatic heterocycles. The van der Waals surface area contributed by atoms with E-state index in [-0.39, 0.29) is 10.6 Å². The molecule has 0 aromatic heterocycles. The Balaban J connectivity index is 2.20. The van der Waals surface area contributed by atoms with Gasteiger partial charge in [-0.15, -0.1) is 0 Å². The van der Waals surface area contributed by atoms with Crippen LogP contribution in [-0.2, 0) is 19.1 Å². The summed E-state index contributed by atoms with van der Waals surface area (Å²) < 4.78 is 9.89. The van der Waals surface area contributed by atoms with E-state index in [9.17, 15) is 9.59 Å². The zero-order valence-corrected chi connectivity index (χ0v) is 12.0. The fraction of sp³-hybridized carbons (Fsp3) is 0.214. The molecule has 1 heterocycles. The first-order valence-electron chi connectivity index (χ1n) is 5.95. The highest BCUT2D eigenvalue weighted by atomic mass is 35.5. The van der Waals surface area contributed by atoms with Crippen LogP contribution in [0.3, 0.4) is 0 Å². The van der Waals surface area contributed by atoms with E-state index < -0.39 is 17.7 Å². The van der Waals surface area contributed by atoms with Gasteiger partial charge in [0.2, 0.25) is 0 Å². The Morgan fingerprint density at radius 1 is 1.29 bits per heavy atom. The van der Waals surface area contributed by atoms with Crippen LogP contribution in [0.5, 0.6) is 0 Å². The van der Waals surface area contributed by atoms with Gasteiger partial charge in [0.1, 0.15) is 0 Å². The van der Waals surface area contributed by atoms with Crippen molar-refractivity contribution in [1.82, 2.24) is 0 Å². The number of carbonyl (C=O) groups is 2. The van der Waals surface area contributed by atoms with E-state index in [0.29, 0.717) is 11.3 Å². The van der Waals surface area contributed by atoms with E-state index in [0.717, 1.165) is 6.20 Å². The summed E-state index contributed by atoms with van der Waals surface area (Å²) in [5, 5.41) is 11.7. The molecule has 0 atom stereocenters. The molecule has 6 nitrogen and oxygen atoms in total. The van der Waals surface area contributed by atoms with Crippen molar-refractivity contribution in [2.24, 2.45) is 0 Å². The van der Waals surface area contributed by atoms with Gasteiger partial charge in [0, 0.05) is 20.0 Å². The standard InChI is InChI=1S/C14H11ClN2O4/c1-14(2)20-12(18)9(13(19)21-14)7-17-11-4-3-8(6-16)5-10(11)15/h3-5,7,17H,1-2H3. The van der Waals surface area contributed by atoms with Crippen molar-refractivity contribution < 1.29 is 19.1 Å². The average molecular weight is 307 g/mol. The first-order valence-corrected chi connectivity index (χ1v) is 6.33. The molecule has 1 N–H and O–H groups in total. The third-order valence-electron chi connectivity index (χ3n) is 2.59. The van der Waals surface area contributed by atoms with Gasteiger partial charge in [-0.05, 0) is 18.2 Å². The Kier molecular flexibility index (Phi) is 3.87. The van der Waals surface area contributed by atoms with Gasteiger partial charge in [-0.25, -0.2) is 9.59 Å². The van der Waals surface area contributed by atoms with E-state index in [1.807, 2.05) is 6.07 Å². The molecule has 7 heteroatoms. The molecule has 0 bridgehead atoms. The van der Waals surface area contributed by atoms with Gasteiger partial charge in [-0.1, -0.05) is 11.6 Å². The predicted molar refractivity (Wildman–Crippen MR) is 74.1 cm³/mol. The van der Waals surface area contributed by atoms with Gasteiger partial charge in [-0.2, -0.15) is 5.26 Å². The van der Waals surface area contributed by atoms with Gasteiger partial charge in [0.15, 0.2) is 5.57 Å². The van der Waals surface area contributed by atoms with E-state index >= 15 is 0 Å². The molecule has 1 aromatic carbocycles. The van der Waals surface area contributed by atoms with Gasteiger partial charge in [-0.3, -0.25) is 0 Å². The summed E-state index contributed by atoms with van der Waals surface area (Å²) in [6, 6.07) is 6.51. The first kappa shape index (κ1) is 14.9. The number of hydrogen-bond acceptors (Lipinski definition) is 6. The molecule has 0 aliphatic carbocycles. The number of carbonyl (C=O) groups excluding carboxylic acids is 2. The van der Waals surface area contributed by atoms with Gasteiger partial charge < -0.3 is 14.8 Å². The molecular weight excluding hydrogens is 296 g/mol. The molecule has 1 aliphatic rings. The molecule has 108 valence electrons. The molecule has 1 fully saturated rings. The van der Waals surface area contributed by atoms with Gasteiger partial charge >= 0.3 is 11.9 Å². The van der Waals surface area contributed by atoms with Crippen molar-refractivity contribution in [2.45, 2.75) is 19.6 Å². The van der Waals surface area contributed by atoms with Crippen molar-refractivity contribution in [2.75, 3.05) is 5.32 Å². The second kappa shape index (κ2) is 5.46. The van der Waals surface area contributed by atoms with Crippen molar-refractivity contribution >= 4 is 29.2 Å². The van der Waals surface area contributed by atoms with Crippen LogP contribution in [0.15, 0.2) is 30.0 Å². The normalized spacial score (nSPS) is 16.6. The van der Waals surface area contributed by atoms with Crippen LogP contribution < -0.4 is 5.32 Å². The molecule has 2 rings (SSSR count). The summed E-state index contributed by atoms with van der Waals surface area (Å²) in [6.07, 6.45) is 1.16. The maximum Gasteiger partial charge on any atom is 0.350 e. The van der Waals surface area contributed by atoms with Gasteiger partial charge in [0.05, 0.1) is 22.3 Å². The lowest BCUT2D eigenvalue weighted by atomic mass is 10.2. The van der Waals surface area contributed by atoms with E-state index in [1.165, 1.54) is 19.9 Å². The zero-order valence-electron chi connectivity index (χ0n) is 11.3. The third kappa shape index (κ3) is 3.33. The van der Waals surface area contributed by atoms with Crippen molar-refractivity contribution in [3.63, 3.8) is 0 Å². The van der Waals surface area contributed by atoms with Crippen molar-refractivity contribution in [3.8, 4) is 6.07 Å². The van der Waals surface area contributed by atoms with E-state index in [1.54, 1.807) is 12.1 Å². The summed E-state index contributed by atoms with van der Waals surface area (Å²) in [6.45, 7) is 2.93. The lowest BCUT2D eigenvalue weighted by Gasteiger charge is -2.29. The quantitative estimate of drug-likeness (QED) is 0.512. The molecule has 0 spiro atoms. The highest BCUT2D eigenvalue weighted by Gasteiger charge is 2.38.